The van der Waals surface area contributed by atoms with E-state index in [4.69, 9.17) is 0 Å². The predicted octanol–water partition coefficient (Wildman–Crippen LogP) is 2.95. The van der Waals surface area contributed by atoms with E-state index in [9.17, 15) is 4.79 Å². The number of pyridine rings is 1. The van der Waals surface area contributed by atoms with E-state index in [1.54, 1.807) is 30.7 Å². The number of nitrogens with zero attached hydrogens (tertiary/aromatic N) is 6. The van der Waals surface area contributed by atoms with Gasteiger partial charge in [-0.2, -0.15) is 0 Å². The summed E-state index contributed by atoms with van der Waals surface area (Å²) in [6, 6.07) is 5.44. The SMILES string of the molecule is Cc1nc(-c2nccn2C)cc([C@@H]2CCCCN2C(=O)c2ccncc2)n1. The summed E-state index contributed by atoms with van der Waals surface area (Å²) < 4.78 is 1.94. The molecule has 1 atom stereocenters. The number of carbonyl (C=O) groups is 1. The van der Waals surface area contributed by atoms with Crippen LogP contribution in [0.3, 0.4) is 0 Å². The van der Waals surface area contributed by atoms with Crippen molar-refractivity contribution in [2.45, 2.75) is 32.2 Å². The third-order valence-electron chi connectivity index (χ3n) is 4.94. The Morgan fingerprint density at radius 1 is 1.15 bits per heavy atom. The summed E-state index contributed by atoms with van der Waals surface area (Å²) in [6.45, 7) is 2.61. The molecule has 1 amide bonds. The fourth-order valence-electron chi connectivity index (χ4n) is 3.63. The summed E-state index contributed by atoms with van der Waals surface area (Å²) in [5, 5.41) is 0. The summed E-state index contributed by atoms with van der Waals surface area (Å²) in [7, 11) is 1.94. The lowest BCUT2D eigenvalue weighted by atomic mass is 9.97. The summed E-state index contributed by atoms with van der Waals surface area (Å²) in [5.74, 6) is 1.51. The largest absolute Gasteiger partial charge is 0.333 e. The third-order valence-corrected chi connectivity index (χ3v) is 4.94. The topological polar surface area (TPSA) is 76.8 Å². The Labute approximate surface area is 158 Å². The molecule has 0 radical (unpaired) electrons. The molecule has 4 rings (SSSR count). The maximum Gasteiger partial charge on any atom is 0.254 e. The lowest BCUT2D eigenvalue weighted by Gasteiger charge is -2.35. The van der Waals surface area contributed by atoms with Gasteiger partial charge in [-0.3, -0.25) is 9.78 Å². The standard InChI is InChI=1S/C20H22N6O/c1-14-23-16(13-17(24-14)19-22-10-12-25(19)2)18-5-3-4-11-26(18)20(27)15-6-8-21-9-7-15/h6-10,12-13,18H,3-5,11H2,1-2H3/t18-/m0/s1. The Morgan fingerprint density at radius 2 is 1.96 bits per heavy atom. The van der Waals surface area contributed by atoms with Gasteiger partial charge in [0.15, 0.2) is 5.82 Å². The second-order valence-electron chi connectivity index (χ2n) is 6.83. The molecule has 0 aromatic carbocycles. The number of hydrogen-bond donors (Lipinski definition) is 0. The molecule has 138 valence electrons. The molecule has 0 unspecified atom stereocenters. The molecule has 3 aromatic heterocycles. The molecule has 0 aliphatic carbocycles. The van der Waals surface area contributed by atoms with Crippen molar-refractivity contribution in [2.24, 2.45) is 7.05 Å². The zero-order valence-electron chi connectivity index (χ0n) is 15.5. The van der Waals surface area contributed by atoms with Gasteiger partial charge >= 0.3 is 0 Å². The molecule has 0 saturated carbocycles. The number of rotatable bonds is 3. The fourth-order valence-corrected chi connectivity index (χ4v) is 3.63. The first-order valence-corrected chi connectivity index (χ1v) is 9.18. The Kier molecular flexibility index (Phi) is 4.66. The minimum absolute atomic E-state index is 0.0249. The van der Waals surface area contributed by atoms with Crippen LogP contribution >= 0.6 is 0 Å². The average molecular weight is 362 g/mol. The van der Waals surface area contributed by atoms with Crippen molar-refractivity contribution < 1.29 is 4.79 Å². The molecular weight excluding hydrogens is 340 g/mol. The summed E-state index contributed by atoms with van der Waals surface area (Å²) in [4.78, 5) is 32.6. The van der Waals surface area contributed by atoms with E-state index in [1.807, 2.05) is 35.7 Å². The van der Waals surface area contributed by atoms with Crippen molar-refractivity contribution in [1.82, 2.24) is 29.4 Å². The van der Waals surface area contributed by atoms with Gasteiger partial charge in [0.2, 0.25) is 0 Å². The van der Waals surface area contributed by atoms with E-state index in [2.05, 4.69) is 19.9 Å². The number of imidazole rings is 1. The maximum absolute atomic E-state index is 13.1. The van der Waals surface area contributed by atoms with Gasteiger partial charge in [-0.1, -0.05) is 0 Å². The molecule has 3 aromatic rings. The average Bonchev–Trinajstić information content (AvgIpc) is 3.13. The first kappa shape index (κ1) is 17.3. The molecule has 7 heteroatoms. The zero-order chi connectivity index (χ0) is 18.8. The van der Waals surface area contributed by atoms with Crippen LogP contribution in [0.15, 0.2) is 43.0 Å². The minimum Gasteiger partial charge on any atom is -0.333 e. The van der Waals surface area contributed by atoms with Crippen LogP contribution in [-0.4, -0.2) is 41.9 Å². The third kappa shape index (κ3) is 3.45. The molecule has 27 heavy (non-hydrogen) atoms. The number of aromatic nitrogens is 5. The zero-order valence-corrected chi connectivity index (χ0v) is 15.5. The highest BCUT2D eigenvalue weighted by Crippen LogP contribution is 2.32. The van der Waals surface area contributed by atoms with Gasteiger partial charge in [0, 0.05) is 43.9 Å². The predicted molar refractivity (Wildman–Crippen MR) is 101 cm³/mol. The Bertz CT molecular complexity index is 952. The van der Waals surface area contributed by atoms with Crippen LogP contribution < -0.4 is 0 Å². The van der Waals surface area contributed by atoms with Crippen molar-refractivity contribution in [3.05, 3.63) is 60.1 Å². The van der Waals surface area contributed by atoms with Crippen LogP contribution in [0, 0.1) is 6.92 Å². The van der Waals surface area contributed by atoms with Crippen LogP contribution in [0.1, 0.15) is 47.2 Å². The van der Waals surface area contributed by atoms with Gasteiger partial charge in [0.05, 0.1) is 11.7 Å². The lowest BCUT2D eigenvalue weighted by molar-refractivity contribution is 0.0605. The van der Waals surface area contributed by atoms with Crippen molar-refractivity contribution in [3.63, 3.8) is 0 Å². The van der Waals surface area contributed by atoms with Crippen molar-refractivity contribution >= 4 is 5.91 Å². The number of carbonyl (C=O) groups excluding carboxylic acids is 1. The van der Waals surface area contributed by atoms with Gasteiger partial charge in [0.25, 0.3) is 5.91 Å². The summed E-state index contributed by atoms with van der Waals surface area (Å²) in [6.07, 6.45) is 9.93. The molecule has 0 bridgehead atoms. The van der Waals surface area contributed by atoms with Gasteiger partial charge in [-0.05, 0) is 44.4 Å². The molecule has 0 spiro atoms. The monoisotopic (exact) mass is 362 g/mol. The molecule has 1 aliphatic heterocycles. The van der Waals surface area contributed by atoms with Crippen molar-refractivity contribution in [1.29, 1.82) is 0 Å². The first-order valence-electron chi connectivity index (χ1n) is 9.18. The Morgan fingerprint density at radius 3 is 2.70 bits per heavy atom. The number of aryl methyl sites for hydroxylation is 2. The van der Waals surface area contributed by atoms with Crippen LogP contribution in [-0.2, 0) is 7.05 Å². The van der Waals surface area contributed by atoms with E-state index in [0.717, 1.165) is 43.0 Å². The van der Waals surface area contributed by atoms with E-state index >= 15 is 0 Å². The molecule has 1 aliphatic rings. The first-order chi connectivity index (χ1) is 13.1. The van der Waals surface area contributed by atoms with Crippen molar-refractivity contribution in [2.75, 3.05) is 6.54 Å². The summed E-state index contributed by atoms with van der Waals surface area (Å²) in [5.41, 5.74) is 2.32. The van der Waals surface area contributed by atoms with E-state index in [-0.39, 0.29) is 11.9 Å². The maximum atomic E-state index is 13.1. The lowest BCUT2D eigenvalue weighted by Crippen LogP contribution is -2.39. The molecule has 7 nitrogen and oxygen atoms in total. The van der Waals surface area contributed by atoms with Crippen LogP contribution in [0.5, 0.6) is 0 Å². The van der Waals surface area contributed by atoms with E-state index in [0.29, 0.717) is 11.4 Å². The Hall–Kier alpha value is -3.09. The smallest absolute Gasteiger partial charge is 0.254 e. The van der Waals surface area contributed by atoms with E-state index in [1.165, 1.54) is 0 Å². The quantitative estimate of drug-likeness (QED) is 0.716. The highest BCUT2D eigenvalue weighted by molar-refractivity contribution is 5.94. The minimum atomic E-state index is -0.0554. The molecule has 0 N–H and O–H groups in total. The van der Waals surface area contributed by atoms with Crippen LogP contribution in [0.4, 0.5) is 0 Å². The normalized spacial score (nSPS) is 17.1. The highest BCUT2D eigenvalue weighted by Gasteiger charge is 2.30. The van der Waals surface area contributed by atoms with Crippen molar-refractivity contribution in [3.8, 4) is 11.5 Å². The number of hydrogen-bond acceptors (Lipinski definition) is 5. The summed E-state index contributed by atoms with van der Waals surface area (Å²) >= 11 is 0. The fraction of sp³-hybridized carbons (Fsp3) is 0.350. The number of amides is 1. The number of piperidine rings is 1. The highest BCUT2D eigenvalue weighted by atomic mass is 16.2. The Balaban J connectivity index is 1.71. The molecular formula is C20H22N6O. The van der Waals surface area contributed by atoms with Gasteiger partial charge in [-0.25, -0.2) is 15.0 Å². The van der Waals surface area contributed by atoms with Crippen LogP contribution in [0.25, 0.3) is 11.5 Å². The molecule has 1 saturated heterocycles. The second-order valence-corrected chi connectivity index (χ2v) is 6.83. The van der Waals surface area contributed by atoms with Gasteiger partial charge in [-0.15, -0.1) is 0 Å². The van der Waals surface area contributed by atoms with Gasteiger partial charge < -0.3 is 9.47 Å². The van der Waals surface area contributed by atoms with E-state index < -0.39 is 0 Å². The van der Waals surface area contributed by atoms with Gasteiger partial charge in [0.1, 0.15) is 11.5 Å². The molecule has 4 heterocycles. The second kappa shape index (κ2) is 7.26. The van der Waals surface area contributed by atoms with Crippen LogP contribution in [0.2, 0.25) is 0 Å². The number of likely N-dealkylation sites (tertiary alicyclic amines) is 1. The molecule has 1 fully saturated rings.